The van der Waals surface area contributed by atoms with E-state index in [2.05, 4.69) is 23.6 Å². The number of nitriles is 1. The molecule has 1 fully saturated rings. The van der Waals surface area contributed by atoms with Crippen LogP contribution in [-0.2, 0) is 10.2 Å². The SMILES string of the molecule is CC(C)[C@@H]1CN(c2cccc(C#N)n2)C[C@H]1NS(=O)(=O)N(C)C. The lowest BCUT2D eigenvalue weighted by Crippen LogP contribution is -2.46. The molecule has 0 unspecified atom stereocenters. The number of rotatable bonds is 5. The zero-order valence-electron chi connectivity index (χ0n) is 13.9. The van der Waals surface area contributed by atoms with Crippen LogP contribution in [0.3, 0.4) is 0 Å². The minimum Gasteiger partial charge on any atom is -0.355 e. The second-order valence-electron chi connectivity index (χ2n) is 6.32. The van der Waals surface area contributed by atoms with Gasteiger partial charge in [-0.3, -0.25) is 0 Å². The number of hydrogen-bond donors (Lipinski definition) is 1. The van der Waals surface area contributed by atoms with Gasteiger partial charge in [-0.2, -0.15) is 22.7 Å². The molecule has 2 atom stereocenters. The van der Waals surface area contributed by atoms with Gasteiger partial charge in [-0.25, -0.2) is 4.98 Å². The molecule has 23 heavy (non-hydrogen) atoms. The molecule has 0 bridgehead atoms. The molecule has 1 aromatic rings. The molecule has 1 aliphatic heterocycles. The number of hydrogen-bond acceptors (Lipinski definition) is 5. The summed E-state index contributed by atoms with van der Waals surface area (Å²) in [5, 5.41) is 8.98. The van der Waals surface area contributed by atoms with Gasteiger partial charge < -0.3 is 4.90 Å². The van der Waals surface area contributed by atoms with Crippen molar-refractivity contribution in [1.82, 2.24) is 14.0 Å². The lowest BCUT2D eigenvalue weighted by molar-refractivity contribution is 0.358. The van der Waals surface area contributed by atoms with Crippen molar-refractivity contribution in [2.75, 3.05) is 32.1 Å². The van der Waals surface area contributed by atoms with E-state index < -0.39 is 10.2 Å². The Morgan fingerprint density at radius 3 is 2.65 bits per heavy atom. The molecule has 8 heteroatoms. The summed E-state index contributed by atoms with van der Waals surface area (Å²) in [7, 11) is -0.460. The smallest absolute Gasteiger partial charge is 0.279 e. The van der Waals surface area contributed by atoms with Gasteiger partial charge in [-0.05, 0) is 24.0 Å². The van der Waals surface area contributed by atoms with Crippen LogP contribution in [0, 0.1) is 23.2 Å². The first-order chi connectivity index (χ1) is 10.7. The van der Waals surface area contributed by atoms with Crippen molar-refractivity contribution in [3.63, 3.8) is 0 Å². The van der Waals surface area contributed by atoms with E-state index in [-0.39, 0.29) is 12.0 Å². The molecule has 0 spiro atoms. The zero-order valence-corrected chi connectivity index (χ0v) is 14.7. The third-order valence-corrected chi connectivity index (χ3v) is 5.74. The number of aromatic nitrogens is 1. The predicted octanol–water partition coefficient (Wildman–Crippen LogP) is 0.810. The molecular formula is C15H23N5O2S. The van der Waals surface area contributed by atoms with Crippen molar-refractivity contribution in [3.8, 4) is 6.07 Å². The van der Waals surface area contributed by atoms with Gasteiger partial charge >= 0.3 is 0 Å². The maximum Gasteiger partial charge on any atom is 0.279 e. The predicted molar refractivity (Wildman–Crippen MR) is 89.0 cm³/mol. The summed E-state index contributed by atoms with van der Waals surface area (Å²) in [6.07, 6.45) is 0. The molecule has 1 aliphatic rings. The Morgan fingerprint density at radius 1 is 1.39 bits per heavy atom. The molecule has 0 radical (unpaired) electrons. The fourth-order valence-electron chi connectivity index (χ4n) is 2.77. The zero-order chi connectivity index (χ0) is 17.2. The van der Waals surface area contributed by atoms with Crippen molar-refractivity contribution < 1.29 is 8.42 Å². The van der Waals surface area contributed by atoms with Crippen LogP contribution in [-0.4, -0.2) is 50.9 Å². The van der Waals surface area contributed by atoms with Gasteiger partial charge in [0.25, 0.3) is 10.2 Å². The van der Waals surface area contributed by atoms with E-state index in [9.17, 15) is 8.42 Å². The van der Waals surface area contributed by atoms with Gasteiger partial charge in [-0.15, -0.1) is 0 Å². The molecule has 1 N–H and O–H groups in total. The first kappa shape index (κ1) is 17.7. The molecule has 0 amide bonds. The van der Waals surface area contributed by atoms with E-state index in [1.807, 2.05) is 17.0 Å². The quantitative estimate of drug-likeness (QED) is 0.859. The lowest BCUT2D eigenvalue weighted by Gasteiger charge is -2.24. The maximum atomic E-state index is 12.1. The van der Waals surface area contributed by atoms with Crippen molar-refractivity contribution >= 4 is 16.0 Å². The summed E-state index contributed by atoms with van der Waals surface area (Å²) in [4.78, 5) is 6.35. The van der Waals surface area contributed by atoms with E-state index >= 15 is 0 Å². The van der Waals surface area contributed by atoms with Crippen LogP contribution in [0.5, 0.6) is 0 Å². The number of nitrogens with zero attached hydrogens (tertiary/aromatic N) is 4. The second-order valence-corrected chi connectivity index (χ2v) is 8.23. The Balaban J connectivity index is 2.22. The monoisotopic (exact) mass is 337 g/mol. The summed E-state index contributed by atoms with van der Waals surface area (Å²) in [6, 6.07) is 7.15. The van der Waals surface area contributed by atoms with Gasteiger partial charge in [-0.1, -0.05) is 19.9 Å². The topological polar surface area (TPSA) is 89.3 Å². The molecule has 2 rings (SSSR count). The average Bonchev–Trinajstić information content (AvgIpc) is 2.90. The first-order valence-electron chi connectivity index (χ1n) is 7.56. The van der Waals surface area contributed by atoms with Crippen LogP contribution in [0.25, 0.3) is 0 Å². The van der Waals surface area contributed by atoms with Gasteiger partial charge in [0, 0.05) is 33.2 Å². The van der Waals surface area contributed by atoms with Crippen molar-refractivity contribution in [3.05, 3.63) is 23.9 Å². The Labute approximate surface area is 138 Å². The van der Waals surface area contributed by atoms with Crippen LogP contribution in [0.4, 0.5) is 5.82 Å². The van der Waals surface area contributed by atoms with Gasteiger partial charge in [0.2, 0.25) is 0 Å². The third kappa shape index (κ3) is 3.99. The third-order valence-electron chi connectivity index (χ3n) is 4.18. The molecular weight excluding hydrogens is 314 g/mol. The van der Waals surface area contributed by atoms with Crippen LogP contribution < -0.4 is 9.62 Å². The molecule has 1 saturated heterocycles. The molecule has 1 aromatic heterocycles. The second kappa shape index (κ2) is 6.83. The highest BCUT2D eigenvalue weighted by atomic mass is 32.2. The Kier molecular flexibility index (Phi) is 5.24. The molecule has 126 valence electrons. The van der Waals surface area contributed by atoms with Crippen LogP contribution >= 0.6 is 0 Å². The van der Waals surface area contributed by atoms with Crippen molar-refractivity contribution in [1.29, 1.82) is 5.26 Å². The summed E-state index contributed by atoms with van der Waals surface area (Å²) in [5.41, 5.74) is 0.362. The Morgan fingerprint density at radius 2 is 2.09 bits per heavy atom. The fourth-order valence-corrected chi connectivity index (χ4v) is 3.62. The lowest BCUT2D eigenvalue weighted by atomic mass is 9.92. The fraction of sp³-hybridized carbons (Fsp3) is 0.600. The molecule has 0 aromatic carbocycles. The average molecular weight is 337 g/mol. The van der Waals surface area contributed by atoms with E-state index in [4.69, 9.17) is 5.26 Å². The minimum absolute atomic E-state index is 0.178. The molecule has 2 heterocycles. The summed E-state index contributed by atoms with van der Waals surface area (Å²) >= 11 is 0. The van der Waals surface area contributed by atoms with E-state index in [1.54, 1.807) is 12.1 Å². The number of anilines is 1. The highest BCUT2D eigenvalue weighted by molar-refractivity contribution is 7.87. The maximum absolute atomic E-state index is 12.1. The molecule has 0 aliphatic carbocycles. The number of pyridine rings is 1. The first-order valence-corrected chi connectivity index (χ1v) is 9.00. The summed E-state index contributed by atoms with van der Waals surface area (Å²) in [6.45, 7) is 5.42. The van der Waals surface area contributed by atoms with Crippen LogP contribution in [0.15, 0.2) is 18.2 Å². The highest BCUT2D eigenvalue weighted by Crippen LogP contribution is 2.28. The van der Waals surface area contributed by atoms with E-state index in [0.717, 1.165) is 0 Å². The normalized spacial score (nSPS) is 21.9. The van der Waals surface area contributed by atoms with E-state index in [1.165, 1.54) is 18.4 Å². The summed E-state index contributed by atoms with van der Waals surface area (Å²) in [5.74, 6) is 1.22. The van der Waals surface area contributed by atoms with Gasteiger partial charge in [0.15, 0.2) is 0 Å². The Bertz CT molecular complexity index is 696. The minimum atomic E-state index is -3.48. The highest BCUT2D eigenvalue weighted by Gasteiger charge is 2.38. The molecule has 7 nitrogen and oxygen atoms in total. The van der Waals surface area contributed by atoms with Crippen molar-refractivity contribution in [2.45, 2.75) is 19.9 Å². The largest absolute Gasteiger partial charge is 0.355 e. The van der Waals surface area contributed by atoms with Crippen LogP contribution in [0.1, 0.15) is 19.5 Å². The molecule has 0 saturated carbocycles. The van der Waals surface area contributed by atoms with Gasteiger partial charge in [0.1, 0.15) is 17.6 Å². The van der Waals surface area contributed by atoms with Gasteiger partial charge in [0.05, 0.1) is 0 Å². The summed E-state index contributed by atoms with van der Waals surface area (Å²) < 4.78 is 28.2. The standard InChI is InChI=1S/C15H23N5O2S/c1-11(2)13-9-20(15-7-5-6-12(8-16)17-15)10-14(13)18-23(21,22)19(3)4/h5-7,11,13-14,18H,9-10H2,1-4H3/t13-,14+/m0/s1. The number of nitrogens with one attached hydrogen (secondary N) is 1. The van der Waals surface area contributed by atoms with Crippen molar-refractivity contribution in [2.24, 2.45) is 11.8 Å². The van der Waals surface area contributed by atoms with E-state index in [0.29, 0.717) is 30.5 Å². The van der Waals surface area contributed by atoms with Crippen LogP contribution in [0.2, 0.25) is 0 Å². The Hall–Kier alpha value is -1.69.